The summed E-state index contributed by atoms with van der Waals surface area (Å²) in [4.78, 5) is 32.1. The molecule has 1 aromatic carbocycles. The lowest BCUT2D eigenvalue weighted by atomic mass is 10.2. The predicted octanol–water partition coefficient (Wildman–Crippen LogP) is 1.28. The van der Waals surface area contributed by atoms with Crippen LogP contribution in [0.5, 0.6) is 0 Å². The first-order chi connectivity index (χ1) is 8.32. The van der Waals surface area contributed by atoms with Crippen molar-refractivity contribution in [3.8, 4) is 0 Å². The van der Waals surface area contributed by atoms with Gasteiger partial charge in [-0.15, -0.1) is 0 Å². The molecule has 0 aliphatic heterocycles. The lowest BCUT2D eigenvalue weighted by molar-refractivity contribution is -0.384. The van der Waals surface area contributed by atoms with E-state index in [-0.39, 0.29) is 16.3 Å². The van der Waals surface area contributed by atoms with Crippen molar-refractivity contribution >= 4 is 29.2 Å². The minimum atomic E-state index is -1.11. The molecule has 0 bridgehead atoms. The zero-order chi connectivity index (χ0) is 13.9. The second kappa shape index (κ2) is 5.46. The first-order valence-corrected chi connectivity index (χ1v) is 5.15. The quantitative estimate of drug-likeness (QED) is 0.504. The van der Waals surface area contributed by atoms with Gasteiger partial charge in [-0.25, -0.2) is 4.79 Å². The number of carbonyl (C=O) groups excluding carboxylic acids is 2. The molecule has 0 heterocycles. The zero-order valence-corrected chi connectivity index (χ0v) is 10.0. The first-order valence-electron chi connectivity index (χ1n) is 4.77. The third-order valence-corrected chi connectivity index (χ3v) is 2.38. The van der Waals surface area contributed by atoms with Gasteiger partial charge >= 0.3 is 5.97 Å². The van der Waals surface area contributed by atoms with Crippen LogP contribution in [0.4, 0.5) is 5.69 Å². The van der Waals surface area contributed by atoms with Crippen molar-refractivity contribution in [1.29, 1.82) is 0 Å². The van der Waals surface area contributed by atoms with Gasteiger partial charge in [0.1, 0.15) is 0 Å². The Morgan fingerprint density at radius 3 is 2.56 bits per heavy atom. The Kier molecular flexibility index (Phi) is 4.22. The Bertz CT molecular complexity index is 517. The number of benzene rings is 1. The topological polar surface area (TPSA) is 113 Å². The molecular weight excluding hydrogens is 264 g/mol. The van der Waals surface area contributed by atoms with Gasteiger partial charge in [0.2, 0.25) is 0 Å². The van der Waals surface area contributed by atoms with Crippen molar-refractivity contribution in [3.05, 3.63) is 38.9 Å². The van der Waals surface area contributed by atoms with Crippen LogP contribution in [0.2, 0.25) is 5.02 Å². The van der Waals surface area contributed by atoms with Crippen molar-refractivity contribution in [2.75, 3.05) is 0 Å². The Morgan fingerprint density at radius 2 is 2.11 bits per heavy atom. The van der Waals surface area contributed by atoms with E-state index < -0.39 is 22.9 Å². The zero-order valence-electron chi connectivity index (χ0n) is 9.25. The molecule has 0 saturated heterocycles. The first kappa shape index (κ1) is 13.9. The molecule has 2 N–H and O–H groups in total. The average Bonchev–Trinajstić information content (AvgIpc) is 2.28. The van der Waals surface area contributed by atoms with Crippen LogP contribution in [0.15, 0.2) is 18.2 Å². The van der Waals surface area contributed by atoms with Crippen molar-refractivity contribution < 1.29 is 19.2 Å². The fourth-order valence-corrected chi connectivity index (χ4v) is 1.32. The molecule has 0 radical (unpaired) electrons. The molecule has 7 nitrogen and oxygen atoms in total. The number of nitro benzene ring substituents is 1. The summed E-state index contributed by atoms with van der Waals surface area (Å²) in [5.74, 6) is -1.68. The van der Waals surface area contributed by atoms with Crippen LogP contribution in [0, 0.1) is 10.1 Å². The van der Waals surface area contributed by atoms with E-state index in [1.165, 1.54) is 6.92 Å². The standard InChI is InChI=1S/C10H9ClN2O5/c1-5(9(12)14)18-10(15)7-3-2-6(13(16)17)4-8(7)11/h2-5H,1H3,(H2,12,14)/t5-/m1/s1. The van der Waals surface area contributed by atoms with E-state index in [1.807, 2.05) is 0 Å². The molecule has 96 valence electrons. The lowest BCUT2D eigenvalue weighted by Gasteiger charge is -2.10. The summed E-state index contributed by atoms with van der Waals surface area (Å²) in [5.41, 5.74) is 4.60. The van der Waals surface area contributed by atoms with Gasteiger partial charge in [-0.1, -0.05) is 11.6 Å². The molecule has 0 aliphatic carbocycles. The van der Waals surface area contributed by atoms with Crippen LogP contribution in [0.25, 0.3) is 0 Å². The fraction of sp³-hybridized carbons (Fsp3) is 0.200. The van der Waals surface area contributed by atoms with Crippen LogP contribution in [0.3, 0.4) is 0 Å². The maximum Gasteiger partial charge on any atom is 0.340 e. The number of primary amides is 1. The van der Waals surface area contributed by atoms with E-state index in [0.717, 1.165) is 18.2 Å². The van der Waals surface area contributed by atoms with E-state index in [1.54, 1.807) is 0 Å². The van der Waals surface area contributed by atoms with Gasteiger partial charge < -0.3 is 10.5 Å². The average molecular weight is 273 g/mol. The smallest absolute Gasteiger partial charge is 0.340 e. The Hall–Kier alpha value is -2.15. The van der Waals surface area contributed by atoms with E-state index >= 15 is 0 Å². The largest absolute Gasteiger partial charge is 0.449 e. The van der Waals surface area contributed by atoms with E-state index in [9.17, 15) is 19.7 Å². The van der Waals surface area contributed by atoms with E-state index in [0.29, 0.717) is 0 Å². The third-order valence-electron chi connectivity index (χ3n) is 2.07. The van der Waals surface area contributed by atoms with Gasteiger partial charge in [0, 0.05) is 12.1 Å². The lowest BCUT2D eigenvalue weighted by Crippen LogP contribution is -2.30. The number of rotatable bonds is 4. The van der Waals surface area contributed by atoms with Gasteiger partial charge in [0.25, 0.3) is 11.6 Å². The maximum absolute atomic E-state index is 11.6. The van der Waals surface area contributed by atoms with E-state index in [2.05, 4.69) is 0 Å². The SMILES string of the molecule is C[C@@H](OC(=O)c1ccc([N+](=O)[O-])cc1Cl)C(N)=O. The molecule has 0 aliphatic rings. The van der Waals surface area contributed by atoms with Crippen molar-refractivity contribution in [1.82, 2.24) is 0 Å². The van der Waals surface area contributed by atoms with Crippen LogP contribution in [-0.4, -0.2) is 22.9 Å². The highest BCUT2D eigenvalue weighted by atomic mass is 35.5. The Labute approximate surface area is 107 Å². The number of non-ortho nitro benzene ring substituents is 1. The summed E-state index contributed by atoms with van der Waals surface area (Å²) in [5, 5.41) is 10.3. The molecule has 0 saturated carbocycles. The predicted molar refractivity (Wildman–Crippen MR) is 62.2 cm³/mol. The molecule has 0 unspecified atom stereocenters. The number of hydrogen-bond donors (Lipinski definition) is 1. The molecule has 1 atom stereocenters. The van der Waals surface area contributed by atoms with Crippen LogP contribution in [-0.2, 0) is 9.53 Å². The van der Waals surface area contributed by atoms with Crippen LogP contribution < -0.4 is 5.73 Å². The monoisotopic (exact) mass is 272 g/mol. The summed E-state index contributed by atoms with van der Waals surface area (Å²) in [6.07, 6.45) is -1.11. The highest BCUT2D eigenvalue weighted by Gasteiger charge is 2.20. The number of nitrogens with two attached hydrogens (primary N) is 1. The molecular formula is C10H9ClN2O5. The molecule has 1 aromatic rings. The number of nitro groups is 1. The van der Waals surface area contributed by atoms with Gasteiger partial charge in [-0.3, -0.25) is 14.9 Å². The molecule has 0 aromatic heterocycles. The summed E-state index contributed by atoms with van der Waals surface area (Å²) in [6, 6.07) is 3.28. The number of amides is 1. The number of halogens is 1. The third kappa shape index (κ3) is 3.17. The van der Waals surface area contributed by atoms with E-state index in [4.69, 9.17) is 22.1 Å². The van der Waals surface area contributed by atoms with Crippen LogP contribution >= 0.6 is 11.6 Å². The van der Waals surface area contributed by atoms with Crippen molar-refractivity contribution in [3.63, 3.8) is 0 Å². The molecule has 1 amide bonds. The summed E-state index contributed by atoms with van der Waals surface area (Å²) in [6.45, 7) is 1.31. The maximum atomic E-state index is 11.6. The highest BCUT2D eigenvalue weighted by molar-refractivity contribution is 6.33. The molecule has 0 spiro atoms. The van der Waals surface area contributed by atoms with Gasteiger partial charge in [0.05, 0.1) is 15.5 Å². The number of hydrogen-bond acceptors (Lipinski definition) is 5. The highest BCUT2D eigenvalue weighted by Crippen LogP contribution is 2.23. The second-order valence-electron chi connectivity index (χ2n) is 3.37. The van der Waals surface area contributed by atoms with Gasteiger partial charge in [-0.05, 0) is 13.0 Å². The van der Waals surface area contributed by atoms with Crippen molar-refractivity contribution in [2.45, 2.75) is 13.0 Å². The number of ether oxygens (including phenoxy) is 1. The van der Waals surface area contributed by atoms with Crippen LogP contribution in [0.1, 0.15) is 17.3 Å². The van der Waals surface area contributed by atoms with Crippen molar-refractivity contribution in [2.24, 2.45) is 5.73 Å². The normalized spacial score (nSPS) is 11.7. The minimum absolute atomic E-state index is 0.0737. The Balaban J connectivity index is 2.94. The number of nitrogens with zero attached hydrogens (tertiary/aromatic N) is 1. The van der Waals surface area contributed by atoms with Gasteiger partial charge in [0.15, 0.2) is 6.10 Å². The minimum Gasteiger partial charge on any atom is -0.449 e. The molecule has 18 heavy (non-hydrogen) atoms. The molecule has 8 heteroatoms. The molecule has 1 rings (SSSR count). The Morgan fingerprint density at radius 1 is 1.50 bits per heavy atom. The molecule has 0 fully saturated rings. The fourth-order valence-electron chi connectivity index (χ4n) is 1.07. The number of carbonyl (C=O) groups is 2. The summed E-state index contributed by atoms with van der Waals surface area (Å²) in [7, 11) is 0. The second-order valence-corrected chi connectivity index (χ2v) is 3.78. The van der Waals surface area contributed by atoms with Gasteiger partial charge in [-0.2, -0.15) is 0 Å². The summed E-state index contributed by atoms with van der Waals surface area (Å²) < 4.78 is 4.71. The summed E-state index contributed by atoms with van der Waals surface area (Å²) >= 11 is 5.71. The number of esters is 1.